The first-order valence-electron chi connectivity index (χ1n) is 9.03. The van der Waals surface area contributed by atoms with Crippen LogP contribution in [-0.2, 0) is 4.79 Å². The van der Waals surface area contributed by atoms with Gasteiger partial charge in [0.2, 0.25) is 5.91 Å². The van der Waals surface area contributed by atoms with Gasteiger partial charge in [0.1, 0.15) is 5.03 Å². The quantitative estimate of drug-likeness (QED) is 0.517. The van der Waals surface area contributed by atoms with Gasteiger partial charge in [0.25, 0.3) is 5.91 Å². The molecule has 2 rings (SSSR count). The summed E-state index contributed by atoms with van der Waals surface area (Å²) < 4.78 is 0. The number of amides is 2. The van der Waals surface area contributed by atoms with Gasteiger partial charge in [-0.25, -0.2) is 4.98 Å². The van der Waals surface area contributed by atoms with Crippen molar-refractivity contribution in [3.8, 4) is 0 Å². The molecule has 25 heavy (non-hydrogen) atoms. The first-order chi connectivity index (χ1) is 12.1. The van der Waals surface area contributed by atoms with Gasteiger partial charge in [0.05, 0.1) is 10.8 Å². The first kappa shape index (κ1) is 19.7. The monoisotopic (exact) mass is 364 g/mol. The van der Waals surface area contributed by atoms with E-state index in [-0.39, 0.29) is 17.1 Å². The van der Waals surface area contributed by atoms with Crippen molar-refractivity contribution in [2.45, 2.75) is 43.4 Å². The Balaban J connectivity index is 1.92. The highest BCUT2D eigenvalue weighted by atomic mass is 32.2. The minimum absolute atomic E-state index is 0.128. The second-order valence-electron chi connectivity index (χ2n) is 6.15. The van der Waals surface area contributed by atoms with Gasteiger partial charge in [-0.2, -0.15) is 0 Å². The Labute approximate surface area is 154 Å². The molecular weight excluding hydrogens is 336 g/mol. The standard InChI is InChI=1S/C18H28N4O2S/c1-3-8-19-10-11-20-16(23)15-7-6-9-21-17(15)25-14(2)18(24)22-12-4-5-13-22/h6-7,9,14,19H,3-5,8,10-13H2,1-2H3,(H,20,23). The molecule has 0 spiro atoms. The van der Waals surface area contributed by atoms with E-state index in [4.69, 9.17) is 0 Å². The largest absolute Gasteiger partial charge is 0.351 e. The van der Waals surface area contributed by atoms with Gasteiger partial charge in [0, 0.05) is 32.4 Å². The molecule has 1 aliphatic heterocycles. The normalized spacial score (nSPS) is 15.2. The van der Waals surface area contributed by atoms with E-state index in [9.17, 15) is 9.59 Å². The second kappa shape index (κ2) is 10.4. The number of nitrogens with one attached hydrogen (secondary N) is 2. The highest BCUT2D eigenvalue weighted by Crippen LogP contribution is 2.26. The third kappa shape index (κ3) is 6.01. The number of carbonyl (C=O) groups excluding carboxylic acids is 2. The maximum atomic E-state index is 12.5. The fourth-order valence-corrected chi connectivity index (χ4v) is 3.73. The average molecular weight is 365 g/mol. The topological polar surface area (TPSA) is 74.3 Å². The van der Waals surface area contributed by atoms with Crippen molar-refractivity contribution in [2.24, 2.45) is 0 Å². The molecule has 6 nitrogen and oxygen atoms in total. The molecule has 1 saturated heterocycles. The van der Waals surface area contributed by atoms with Gasteiger partial charge < -0.3 is 15.5 Å². The molecule has 2 N–H and O–H groups in total. The Kier molecular flexibility index (Phi) is 8.21. The second-order valence-corrected chi connectivity index (χ2v) is 7.48. The summed E-state index contributed by atoms with van der Waals surface area (Å²) in [6.45, 7) is 7.92. The minimum Gasteiger partial charge on any atom is -0.351 e. The van der Waals surface area contributed by atoms with Gasteiger partial charge in [0.15, 0.2) is 0 Å². The third-order valence-corrected chi connectivity index (χ3v) is 5.19. The number of rotatable bonds is 9. The van der Waals surface area contributed by atoms with E-state index in [0.29, 0.717) is 17.1 Å². The van der Waals surface area contributed by atoms with E-state index >= 15 is 0 Å². The van der Waals surface area contributed by atoms with Gasteiger partial charge in [-0.1, -0.05) is 18.7 Å². The maximum absolute atomic E-state index is 12.5. The fourth-order valence-electron chi connectivity index (χ4n) is 2.73. The van der Waals surface area contributed by atoms with E-state index in [1.165, 1.54) is 11.8 Å². The summed E-state index contributed by atoms with van der Waals surface area (Å²) in [7, 11) is 0. The molecule has 2 amide bonds. The number of likely N-dealkylation sites (tertiary alicyclic amines) is 1. The Bertz CT molecular complexity index is 576. The summed E-state index contributed by atoms with van der Waals surface area (Å²) in [5.41, 5.74) is 0.532. The Morgan fingerprint density at radius 3 is 2.76 bits per heavy atom. The predicted octanol–water partition coefficient (Wildman–Crippen LogP) is 1.91. The molecule has 1 aromatic rings. The Hall–Kier alpha value is -1.60. The summed E-state index contributed by atoms with van der Waals surface area (Å²) in [6, 6.07) is 3.51. The van der Waals surface area contributed by atoms with Crippen LogP contribution < -0.4 is 10.6 Å². The van der Waals surface area contributed by atoms with Crippen molar-refractivity contribution in [2.75, 3.05) is 32.7 Å². The van der Waals surface area contributed by atoms with Crippen LogP contribution in [-0.4, -0.2) is 59.7 Å². The van der Waals surface area contributed by atoms with E-state index in [0.717, 1.165) is 45.4 Å². The molecule has 1 fully saturated rings. The summed E-state index contributed by atoms with van der Waals surface area (Å²) >= 11 is 1.36. The Morgan fingerprint density at radius 2 is 2.04 bits per heavy atom. The molecular formula is C18H28N4O2S. The maximum Gasteiger partial charge on any atom is 0.254 e. The lowest BCUT2D eigenvalue weighted by molar-refractivity contribution is -0.129. The van der Waals surface area contributed by atoms with Crippen LogP contribution in [0.2, 0.25) is 0 Å². The molecule has 1 atom stereocenters. The van der Waals surface area contributed by atoms with Crippen LogP contribution in [0.3, 0.4) is 0 Å². The van der Waals surface area contributed by atoms with E-state index in [1.807, 2.05) is 11.8 Å². The fraction of sp³-hybridized carbons (Fsp3) is 0.611. The molecule has 0 bridgehead atoms. The smallest absolute Gasteiger partial charge is 0.254 e. The Morgan fingerprint density at radius 1 is 1.28 bits per heavy atom. The lowest BCUT2D eigenvalue weighted by Gasteiger charge is -2.20. The molecule has 1 unspecified atom stereocenters. The van der Waals surface area contributed by atoms with Crippen LogP contribution in [0.1, 0.15) is 43.5 Å². The molecule has 2 heterocycles. The van der Waals surface area contributed by atoms with E-state index < -0.39 is 0 Å². The lowest BCUT2D eigenvalue weighted by Crippen LogP contribution is -2.34. The molecule has 7 heteroatoms. The zero-order chi connectivity index (χ0) is 18.1. The van der Waals surface area contributed by atoms with Gasteiger partial charge >= 0.3 is 0 Å². The number of pyridine rings is 1. The van der Waals surface area contributed by atoms with E-state index in [2.05, 4.69) is 22.5 Å². The molecule has 0 saturated carbocycles. The average Bonchev–Trinajstić information content (AvgIpc) is 3.15. The number of aromatic nitrogens is 1. The number of hydrogen-bond acceptors (Lipinski definition) is 5. The van der Waals surface area contributed by atoms with Crippen molar-refractivity contribution in [3.63, 3.8) is 0 Å². The molecule has 1 aliphatic rings. The van der Waals surface area contributed by atoms with Crippen molar-refractivity contribution >= 4 is 23.6 Å². The number of carbonyl (C=O) groups is 2. The van der Waals surface area contributed by atoms with Crippen molar-refractivity contribution in [1.29, 1.82) is 0 Å². The van der Waals surface area contributed by atoms with E-state index in [1.54, 1.807) is 18.3 Å². The SMILES string of the molecule is CCCNCCNC(=O)c1cccnc1SC(C)C(=O)N1CCCC1. The van der Waals surface area contributed by atoms with Crippen LogP contribution in [0, 0.1) is 0 Å². The number of hydrogen-bond donors (Lipinski definition) is 2. The predicted molar refractivity (Wildman–Crippen MR) is 101 cm³/mol. The number of nitrogens with zero attached hydrogens (tertiary/aromatic N) is 2. The third-order valence-electron chi connectivity index (χ3n) is 4.08. The minimum atomic E-state index is -0.245. The van der Waals surface area contributed by atoms with Crippen molar-refractivity contribution < 1.29 is 9.59 Å². The van der Waals surface area contributed by atoms with Crippen LogP contribution in [0.4, 0.5) is 0 Å². The number of thioether (sulfide) groups is 1. The van der Waals surface area contributed by atoms with Gasteiger partial charge in [-0.15, -0.1) is 0 Å². The zero-order valence-corrected chi connectivity index (χ0v) is 15.9. The van der Waals surface area contributed by atoms with Crippen LogP contribution >= 0.6 is 11.8 Å². The van der Waals surface area contributed by atoms with Crippen LogP contribution in [0.25, 0.3) is 0 Å². The van der Waals surface area contributed by atoms with Crippen LogP contribution in [0.5, 0.6) is 0 Å². The summed E-state index contributed by atoms with van der Waals surface area (Å²) in [5, 5.41) is 6.52. The van der Waals surface area contributed by atoms with Crippen LogP contribution in [0.15, 0.2) is 23.4 Å². The molecule has 138 valence electrons. The first-order valence-corrected chi connectivity index (χ1v) is 9.90. The highest BCUT2D eigenvalue weighted by molar-refractivity contribution is 8.00. The summed E-state index contributed by atoms with van der Waals surface area (Å²) in [6.07, 6.45) is 4.88. The summed E-state index contributed by atoms with van der Waals surface area (Å²) in [4.78, 5) is 31.1. The van der Waals surface area contributed by atoms with Crippen molar-refractivity contribution in [1.82, 2.24) is 20.5 Å². The molecule has 0 aromatic carbocycles. The van der Waals surface area contributed by atoms with Gasteiger partial charge in [-0.3, -0.25) is 9.59 Å². The lowest BCUT2D eigenvalue weighted by atomic mass is 10.2. The van der Waals surface area contributed by atoms with Crippen molar-refractivity contribution in [3.05, 3.63) is 23.9 Å². The van der Waals surface area contributed by atoms with Gasteiger partial charge in [-0.05, 0) is 44.9 Å². The molecule has 0 aliphatic carbocycles. The molecule has 1 aromatic heterocycles. The highest BCUT2D eigenvalue weighted by Gasteiger charge is 2.25. The molecule has 0 radical (unpaired) electrons. The summed E-state index contributed by atoms with van der Waals surface area (Å²) in [5.74, 6) is -0.0157. The zero-order valence-electron chi connectivity index (χ0n) is 15.1.